The van der Waals surface area contributed by atoms with Crippen molar-refractivity contribution in [3.05, 3.63) is 0 Å². The third-order valence-corrected chi connectivity index (χ3v) is 6.64. The summed E-state index contributed by atoms with van der Waals surface area (Å²) in [7, 11) is 0. The lowest BCUT2D eigenvalue weighted by molar-refractivity contribution is -0.00100. The van der Waals surface area contributed by atoms with Crippen molar-refractivity contribution in [2.45, 2.75) is 65.9 Å². The maximum atomic E-state index is 10.3. The normalized spacial score (nSPS) is 58.7. The first kappa shape index (κ1) is 11.1. The summed E-state index contributed by atoms with van der Waals surface area (Å²) in [4.78, 5) is 0. The van der Waals surface area contributed by atoms with Crippen LogP contribution in [0, 0.1) is 28.1 Å². The van der Waals surface area contributed by atoms with Crippen LogP contribution in [0.4, 0.5) is 0 Å². The van der Waals surface area contributed by atoms with Crippen LogP contribution in [0.3, 0.4) is 0 Å². The van der Waals surface area contributed by atoms with Gasteiger partial charge >= 0.3 is 0 Å². The van der Waals surface area contributed by atoms with Crippen molar-refractivity contribution in [1.29, 1.82) is 0 Å². The molecule has 3 aliphatic carbocycles. The molecule has 0 radical (unpaired) electrons. The zero-order valence-corrected chi connectivity index (χ0v) is 11.2. The molecule has 5 atom stereocenters. The van der Waals surface area contributed by atoms with Gasteiger partial charge in [0.15, 0.2) is 0 Å². The van der Waals surface area contributed by atoms with Gasteiger partial charge in [-0.25, -0.2) is 0 Å². The first-order valence-corrected chi connectivity index (χ1v) is 6.97. The number of hydrogen-bond acceptors (Lipinski definition) is 1. The van der Waals surface area contributed by atoms with Gasteiger partial charge in [-0.15, -0.1) is 0 Å². The second-order valence-electron chi connectivity index (χ2n) is 8.03. The van der Waals surface area contributed by atoms with Crippen LogP contribution in [-0.4, -0.2) is 11.2 Å². The van der Waals surface area contributed by atoms with E-state index in [1.54, 1.807) is 0 Å². The van der Waals surface area contributed by atoms with Gasteiger partial charge in [0, 0.05) is 0 Å². The van der Waals surface area contributed by atoms with Crippen LogP contribution >= 0.6 is 0 Å². The van der Waals surface area contributed by atoms with E-state index in [4.69, 9.17) is 0 Å². The Morgan fingerprint density at radius 1 is 0.938 bits per heavy atom. The number of rotatable bonds is 0. The number of hydrogen-bond donors (Lipinski definition) is 1. The predicted octanol–water partition coefficient (Wildman–Crippen LogP) is 3.61. The maximum Gasteiger partial charge on any atom is 0.0599 e. The van der Waals surface area contributed by atoms with E-state index in [1.165, 1.54) is 25.7 Å². The van der Waals surface area contributed by atoms with E-state index in [0.717, 1.165) is 18.3 Å². The standard InChI is InChI=1S/C15H26O/c1-13(2)7-10-8-15(4)12(16)5-6-14(15,3)11(10)9-13/h10-12,16H,5-9H2,1-4H3. The van der Waals surface area contributed by atoms with Crippen molar-refractivity contribution in [3.8, 4) is 0 Å². The Labute approximate surface area is 99.6 Å². The molecule has 0 spiro atoms. The molecule has 0 aromatic carbocycles. The molecule has 1 nitrogen and oxygen atoms in total. The molecule has 0 aromatic heterocycles. The molecule has 0 bridgehead atoms. The molecule has 0 saturated heterocycles. The van der Waals surface area contributed by atoms with Crippen LogP contribution in [0.25, 0.3) is 0 Å². The lowest BCUT2D eigenvalue weighted by atomic mass is 9.64. The quantitative estimate of drug-likeness (QED) is 0.664. The van der Waals surface area contributed by atoms with E-state index in [9.17, 15) is 5.11 Å². The molecule has 0 heterocycles. The van der Waals surface area contributed by atoms with E-state index < -0.39 is 0 Å². The van der Waals surface area contributed by atoms with E-state index in [0.29, 0.717) is 10.8 Å². The molecular weight excluding hydrogens is 196 g/mol. The molecule has 5 unspecified atom stereocenters. The van der Waals surface area contributed by atoms with Crippen LogP contribution in [0.2, 0.25) is 0 Å². The van der Waals surface area contributed by atoms with Gasteiger partial charge in [0.1, 0.15) is 0 Å². The van der Waals surface area contributed by atoms with Crippen LogP contribution in [0.5, 0.6) is 0 Å². The van der Waals surface area contributed by atoms with Crippen LogP contribution in [0.1, 0.15) is 59.8 Å². The fourth-order valence-corrected chi connectivity index (χ4v) is 5.60. The molecule has 0 aliphatic heterocycles. The van der Waals surface area contributed by atoms with Gasteiger partial charge in [0.05, 0.1) is 6.10 Å². The SMILES string of the molecule is CC1(C)CC2CC3(C)C(O)CCC3(C)C2C1. The van der Waals surface area contributed by atoms with Crippen molar-refractivity contribution >= 4 is 0 Å². The first-order valence-electron chi connectivity index (χ1n) is 6.97. The summed E-state index contributed by atoms with van der Waals surface area (Å²) in [6.45, 7) is 9.68. The second-order valence-corrected chi connectivity index (χ2v) is 8.03. The summed E-state index contributed by atoms with van der Waals surface area (Å²) >= 11 is 0. The highest BCUT2D eigenvalue weighted by Crippen LogP contribution is 2.72. The number of fused-ring (bicyclic) bond motifs is 3. The van der Waals surface area contributed by atoms with E-state index in [1.807, 2.05) is 0 Å². The third kappa shape index (κ3) is 1.11. The molecule has 0 aromatic rings. The summed E-state index contributed by atoms with van der Waals surface area (Å²) in [6.07, 6.45) is 6.30. The summed E-state index contributed by atoms with van der Waals surface area (Å²) < 4.78 is 0. The topological polar surface area (TPSA) is 20.2 Å². The average Bonchev–Trinajstić information content (AvgIpc) is 2.64. The zero-order valence-electron chi connectivity index (χ0n) is 11.2. The van der Waals surface area contributed by atoms with E-state index >= 15 is 0 Å². The monoisotopic (exact) mass is 222 g/mol. The molecule has 1 N–H and O–H groups in total. The summed E-state index contributed by atoms with van der Waals surface area (Å²) in [5.41, 5.74) is 1.19. The Kier molecular flexibility index (Phi) is 1.98. The molecule has 3 fully saturated rings. The molecule has 3 saturated carbocycles. The lowest BCUT2D eigenvalue weighted by Gasteiger charge is -2.41. The molecule has 3 aliphatic rings. The van der Waals surface area contributed by atoms with Crippen molar-refractivity contribution in [2.24, 2.45) is 28.1 Å². The molecule has 1 heteroatoms. The Morgan fingerprint density at radius 2 is 1.62 bits per heavy atom. The highest BCUT2D eigenvalue weighted by Gasteiger charge is 2.66. The molecule has 0 amide bonds. The smallest absolute Gasteiger partial charge is 0.0599 e. The third-order valence-electron chi connectivity index (χ3n) is 6.64. The Morgan fingerprint density at radius 3 is 2.31 bits per heavy atom. The molecule has 92 valence electrons. The minimum Gasteiger partial charge on any atom is -0.393 e. The van der Waals surface area contributed by atoms with Crippen LogP contribution in [-0.2, 0) is 0 Å². The number of aliphatic hydroxyl groups excluding tert-OH is 1. The maximum absolute atomic E-state index is 10.3. The van der Waals surface area contributed by atoms with Crippen molar-refractivity contribution in [3.63, 3.8) is 0 Å². The molecule has 16 heavy (non-hydrogen) atoms. The minimum absolute atomic E-state index is 0.0359. The van der Waals surface area contributed by atoms with Crippen molar-refractivity contribution < 1.29 is 5.11 Å². The Balaban J connectivity index is 1.97. The van der Waals surface area contributed by atoms with Crippen LogP contribution in [0.15, 0.2) is 0 Å². The minimum atomic E-state index is -0.0359. The summed E-state index contributed by atoms with van der Waals surface area (Å²) in [5, 5.41) is 10.3. The van der Waals surface area contributed by atoms with Gasteiger partial charge in [0.25, 0.3) is 0 Å². The van der Waals surface area contributed by atoms with E-state index in [2.05, 4.69) is 27.7 Å². The first-order chi connectivity index (χ1) is 7.29. The average molecular weight is 222 g/mol. The fourth-order valence-electron chi connectivity index (χ4n) is 5.60. The predicted molar refractivity (Wildman–Crippen MR) is 66.1 cm³/mol. The lowest BCUT2D eigenvalue weighted by Crippen LogP contribution is -2.38. The summed E-state index contributed by atoms with van der Waals surface area (Å²) in [5.74, 6) is 1.77. The highest BCUT2D eigenvalue weighted by atomic mass is 16.3. The van der Waals surface area contributed by atoms with E-state index in [-0.39, 0.29) is 11.5 Å². The molecule has 3 rings (SSSR count). The zero-order chi connectivity index (χ0) is 11.8. The largest absolute Gasteiger partial charge is 0.393 e. The Bertz CT molecular complexity index is 321. The Hall–Kier alpha value is -0.0400. The van der Waals surface area contributed by atoms with Gasteiger partial charge in [-0.05, 0) is 60.2 Å². The molecular formula is C15H26O. The summed E-state index contributed by atoms with van der Waals surface area (Å²) in [6, 6.07) is 0. The fraction of sp³-hybridized carbons (Fsp3) is 1.00. The van der Waals surface area contributed by atoms with Crippen molar-refractivity contribution in [2.75, 3.05) is 0 Å². The number of aliphatic hydroxyl groups is 1. The van der Waals surface area contributed by atoms with Crippen LogP contribution < -0.4 is 0 Å². The van der Waals surface area contributed by atoms with Gasteiger partial charge in [-0.1, -0.05) is 27.7 Å². The van der Waals surface area contributed by atoms with Gasteiger partial charge in [-0.2, -0.15) is 0 Å². The highest BCUT2D eigenvalue weighted by molar-refractivity contribution is 5.16. The van der Waals surface area contributed by atoms with Gasteiger partial charge in [-0.3, -0.25) is 0 Å². The van der Waals surface area contributed by atoms with Gasteiger partial charge in [0.2, 0.25) is 0 Å². The van der Waals surface area contributed by atoms with Gasteiger partial charge < -0.3 is 5.11 Å². The second kappa shape index (κ2) is 2.85. The van der Waals surface area contributed by atoms with Crippen molar-refractivity contribution in [1.82, 2.24) is 0 Å².